The quantitative estimate of drug-likeness (QED) is 0.726. The Labute approximate surface area is 161 Å². The first kappa shape index (κ1) is 20.4. The number of carbonyl (C=O) groups excluding carboxylic acids is 2. The fraction of sp³-hybridized carbons (Fsp3) is 0.550. The van der Waals surface area contributed by atoms with Crippen LogP contribution >= 0.6 is 0 Å². The van der Waals surface area contributed by atoms with Crippen LogP contribution in [0.4, 0.5) is 18.0 Å². The number of rotatable bonds is 3. The standard InChI is InChI=1S/C20H23F3N2O3/c1-18(2,3)28-17(27)25(19(4)6-5-7-19)11-12-8-13-14(10-24-16(13)26)15(9-12)20(21,22)23/h8-10H,5-7,11H2,1-4H3. The van der Waals surface area contributed by atoms with Gasteiger partial charge in [0.15, 0.2) is 0 Å². The molecule has 1 heterocycles. The summed E-state index contributed by atoms with van der Waals surface area (Å²) in [5, 5.41) is 0. The molecule has 3 rings (SSSR count). The third-order valence-electron chi connectivity index (χ3n) is 5.12. The van der Waals surface area contributed by atoms with E-state index >= 15 is 0 Å². The largest absolute Gasteiger partial charge is 0.444 e. The van der Waals surface area contributed by atoms with Crippen LogP contribution in [0.2, 0.25) is 0 Å². The van der Waals surface area contributed by atoms with Gasteiger partial charge < -0.3 is 4.74 Å². The zero-order chi connectivity index (χ0) is 20.9. The first-order valence-electron chi connectivity index (χ1n) is 9.13. The number of carbonyl (C=O) groups is 2. The predicted octanol–water partition coefficient (Wildman–Crippen LogP) is 4.96. The van der Waals surface area contributed by atoms with Crippen LogP contribution in [-0.4, -0.2) is 34.3 Å². The molecule has 0 spiro atoms. The van der Waals surface area contributed by atoms with Crippen molar-refractivity contribution in [1.82, 2.24) is 4.90 Å². The van der Waals surface area contributed by atoms with Gasteiger partial charge in [-0.3, -0.25) is 9.69 Å². The highest BCUT2D eigenvalue weighted by Gasteiger charge is 2.43. The molecule has 0 N–H and O–H groups in total. The zero-order valence-corrected chi connectivity index (χ0v) is 16.3. The second-order valence-electron chi connectivity index (χ2n) is 8.58. The molecule has 0 bridgehead atoms. The van der Waals surface area contributed by atoms with Crippen LogP contribution in [0, 0.1) is 0 Å². The lowest BCUT2D eigenvalue weighted by molar-refractivity contribution is -0.137. The Kier molecular flexibility index (Phi) is 4.80. The average molecular weight is 396 g/mol. The van der Waals surface area contributed by atoms with E-state index in [1.54, 1.807) is 20.8 Å². The van der Waals surface area contributed by atoms with E-state index in [1.165, 1.54) is 11.0 Å². The van der Waals surface area contributed by atoms with Crippen molar-refractivity contribution in [1.29, 1.82) is 0 Å². The maximum atomic E-state index is 13.5. The molecular formula is C20H23F3N2O3. The number of nitrogens with zero attached hydrogens (tertiary/aromatic N) is 2. The summed E-state index contributed by atoms with van der Waals surface area (Å²) in [7, 11) is 0. The van der Waals surface area contributed by atoms with Gasteiger partial charge in [-0.25, -0.2) is 9.79 Å². The maximum absolute atomic E-state index is 13.5. The molecule has 1 fully saturated rings. The predicted molar refractivity (Wildman–Crippen MR) is 97.4 cm³/mol. The van der Waals surface area contributed by atoms with Crippen molar-refractivity contribution < 1.29 is 27.5 Å². The smallest absolute Gasteiger partial charge is 0.417 e. The molecule has 8 heteroatoms. The summed E-state index contributed by atoms with van der Waals surface area (Å²) in [6, 6.07) is 2.38. The Morgan fingerprint density at radius 2 is 1.89 bits per heavy atom. The van der Waals surface area contributed by atoms with Gasteiger partial charge >= 0.3 is 12.3 Å². The summed E-state index contributed by atoms with van der Waals surface area (Å²) >= 11 is 0. The molecule has 0 atom stereocenters. The van der Waals surface area contributed by atoms with Gasteiger partial charge in [-0.15, -0.1) is 0 Å². The number of fused-ring (bicyclic) bond motifs is 1. The van der Waals surface area contributed by atoms with Gasteiger partial charge in [0.25, 0.3) is 5.91 Å². The Bertz CT molecular complexity index is 849. The minimum Gasteiger partial charge on any atom is -0.444 e. The number of aliphatic imine (C=N–C) groups is 1. The van der Waals surface area contributed by atoms with E-state index in [2.05, 4.69) is 4.99 Å². The Balaban J connectivity index is 1.99. The van der Waals surface area contributed by atoms with E-state index < -0.39 is 34.9 Å². The van der Waals surface area contributed by atoms with E-state index in [4.69, 9.17) is 4.74 Å². The third kappa shape index (κ3) is 3.91. The van der Waals surface area contributed by atoms with Crippen LogP contribution < -0.4 is 0 Å². The molecule has 2 amide bonds. The molecule has 1 aliphatic carbocycles. The number of amides is 2. The highest BCUT2D eigenvalue weighted by atomic mass is 19.4. The molecule has 152 valence electrons. The molecule has 1 saturated carbocycles. The van der Waals surface area contributed by atoms with Crippen molar-refractivity contribution >= 4 is 18.2 Å². The zero-order valence-electron chi connectivity index (χ0n) is 16.3. The van der Waals surface area contributed by atoms with Crippen LogP contribution in [-0.2, 0) is 17.5 Å². The first-order chi connectivity index (χ1) is 12.8. The molecular weight excluding hydrogens is 373 g/mol. The van der Waals surface area contributed by atoms with Gasteiger partial charge in [0, 0.05) is 23.9 Å². The lowest BCUT2D eigenvalue weighted by Crippen LogP contribution is -2.54. The fourth-order valence-corrected chi connectivity index (χ4v) is 3.48. The van der Waals surface area contributed by atoms with E-state index in [0.717, 1.165) is 31.5 Å². The summed E-state index contributed by atoms with van der Waals surface area (Å²) in [6.45, 7) is 7.03. The molecule has 2 aliphatic rings. The van der Waals surface area contributed by atoms with Crippen molar-refractivity contribution in [3.8, 4) is 0 Å². The molecule has 1 aliphatic heterocycles. The van der Waals surface area contributed by atoms with Crippen molar-refractivity contribution in [2.45, 2.75) is 70.8 Å². The van der Waals surface area contributed by atoms with Gasteiger partial charge in [0.2, 0.25) is 0 Å². The summed E-state index contributed by atoms with van der Waals surface area (Å²) in [5.41, 5.74) is -2.22. The number of alkyl halides is 3. The van der Waals surface area contributed by atoms with E-state index in [9.17, 15) is 22.8 Å². The SMILES string of the molecule is CC(C)(C)OC(=O)N(Cc1cc2c(c(C(F)(F)F)c1)C=NC2=O)C1(C)CCC1. The summed E-state index contributed by atoms with van der Waals surface area (Å²) in [6.07, 6.45) is -1.85. The van der Waals surface area contributed by atoms with Crippen molar-refractivity contribution in [2.75, 3.05) is 0 Å². The van der Waals surface area contributed by atoms with Crippen LogP contribution in [0.5, 0.6) is 0 Å². The van der Waals surface area contributed by atoms with E-state index in [1.807, 2.05) is 6.92 Å². The van der Waals surface area contributed by atoms with Gasteiger partial charge in [-0.1, -0.05) is 0 Å². The number of hydrogen-bond donors (Lipinski definition) is 0. The Morgan fingerprint density at radius 1 is 1.25 bits per heavy atom. The van der Waals surface area contributed by atoms with Gasteiger partial charge in [-0.2, -0.15) is 13.2 Å². The monoisotopic (exact) mass is 396 g/mol. The number of hydrogen-bond acceptors (Lipinski definition) is 3. The van der Waals surface area contributed by atoms with Gasteiger partial charge in [-0.05, 0) is 64.7 Å². The number of benzene rings is 1. The van der Waals surface area contributed by atoms with Crippen molar-refractivity contribution in [3.63, 3.8) is 0 Å². The molecule has 0 aromatic heterocycles. The van der Waals surface area contributed by atoms with Crippen molar-refractivity contribution in [3.05, 3.63) is 34.4 Å². The summed E-state index contributed by atoms with van der Waals surface area (Å²) in [5.74, 6) is -0.707. The third-order valence-corrected chi connectivity index (χ3v) is 5.12. The van der Waals surface area contributed by atoms with Crippen LogP contribution in [0.15, 0.2) is 17.1 Å². The second kappa shape index (κ2) is 6.60. The average Bonchev–Trinajstić information content (AvgIpc) is 2.88. The van der Waals surface area contributed by atoms with Crippen LogP contribution in [0.1, 0.15) is 74.0 Å². The van der Waals surface area contributed by atoms with Gasteiger partial charge in [0.1, 0.15) is 5.60 Å². The topological polar surface area (TPSA) is 59.0 Å². The molecule has 28 heavy (non-hydrogen) atoms. The van der Waals surface area contributed by atoms with Crippen LogP contribution in [0.25, 0.3) is 0 Å². The second-order valence-corrected chi connectivity index (χ2v) is 8.58. The molecule has 1 aromatic rings. The summed E-state index contributed by atoms with van der Waals surface area (Å²) in [4.78, 5) is 29.6. The Hall–Kier alpha value is -2.38. The number of ether oxygens (including phenoxy) is 1. The minimum atomic E-state index is -4.63. The normalized spacial score (nSPS) is 17.9. The molecule has 5 nitrogen and oxygen atoms in total. The Morgan fingerprint density at radius 3 is 2.39 bits per heavy atom. The van der Waals surface area contributed by atoms with E-state index in [-0.39, 0.29) is 23.2 Å². The van der Waals surface area contributed by atoms with Gasteiger partial charge in [0.05, 0.1) is 11.1 Å². The molecule has 0 unspecified atom stereocenters. The first-order valence-corrected chi connectivity index (χ1v) is 9.13. The molecule has 0 saturated heterocycles. The highest BCUT2D eigenvalue weighted by molar-refractivity contribution is 6.13. The molecule has 1 aromatic carbocycles. The fourth-order valence-electron chi connectivity index (χ4n) is 3.48. The lowest BCUT2D eigenvalue weighted by Gasteiger charge is -2.47. The lowest BCUT2D eigenvalue weighted by atomic mass is 9.77. The van der Waals surface area contributed by atoms with Crippen molar-refractivity contribution in [2.24, 2.45) is 4.99 Å². The number of halogens is 3. The minimum absolute atomic E-state index is 0.0744. The summed E-state index contributed by atoms with van der Waals surface area (Å²) < 4.78 is 46.0. The highest BCUT2D eigenvalue weighted by Crippen LogP contribution is 2.40. The van der Waals surface area contributed by atoms with E-state index in [0.29, 0.717) is 0 Å². The van der Waals surface area contributed by atoms with Crippen LogP contribution in [0.3, 0.4) is 0 Å². The molecule has 0 radical (unpaired) electrons. The maximum Gasteiger partial charge on any atom is 0.417 e.